The molecular formula is C27H36N2O4S. The first kappa shape index (κ1) is 25.0. The lowest BCUT2D eigenvalue weighted by Crippen LogP contribution is -2.44. The first-order valence-electron chi connectivity index (χ1n) is 12.6. The Morgan fingerprint density at radius 2 is 2.00 bits per heavy atom. The number of ketones is 1. The zero-order chi connectivity index (χ0) is 23.9. The first-order valence-corrected chi connectivity index (χ1v) is 13.6. The minimum Gasteiger partial charge on any atom is -0.497 e. The fourth-order valence-corrected chi connectivity index (χ4v) is 6.79. The Bertz CT molecular complexity index is 992. The predicted octanol–water partition coefficient (Wildman–Crippen LogP) is 5.29. The summed E-state index contributed by atoms with van der Waals surface area (Å²) in [5, 5.41) is 11.5. The summed E-state index contributed by atoms with van der Waals surface area (Å²) in [5.74, 6) is 0.701. The van der Waals surface area contributed by atoms with Gasteiger partial charge in [0.25, 0.3) is 0 Å². The summed E-state index contributed by atoms with van der Waals surface area (Å²) in [7, 11) is 1.60. The van der Waals surface area contributed by atoms with Crippen molar-refractivity contribution in [3.8, 4) is 5.75 Å². The van der Waals surface area contributed by atoms with Crippen LogP contribution in [-0.2, 0) is 4.79 Å². The number of aromatic nitrogens is 1. The number of likely N-dealkylation sites (tertiary alicyclic amines) is 1. The van der Waals surface area contributed by atoms with Crippen LogP contribution in [0.3, 0.4) is 0 Å². The molecule has 2 aromatic rings. The number of ether oxygens (including phenoxy) is 1. The van der Waals surface area contributed by atoms with Crippen molar-refractivity contribution in [1.82, 2.24) is 9.88 Å². The van der Waals surface area contributed by atoms with Gasteiger partial charge in [0.1, 0.15) is 5.75 Å². The number of carboxylic acids is 1. The molecule has 0 radical (unpaired) electrons. The van der Waals surface area contributed by atoms with Crippen LogP contribution in [0.1, 0.15) is 61.7 Å². The van der Waals surface area contributed by atoms with Crippen molar-refractivity contribution in [2.24, 2.45) is 11.8 Å². The smallest absolute Gasteiger partial charge is 0.308 e. The molecule has 2 fully saturated rings. The van der Waals surface area contributed by atoms with Crippen molar-refractivity contribution < 1.29 is 19.4 Å². The second-order valence-electron chi connectivity index (χ2n) is 9.63. The normalized spacial score (nSPS) is 22.0. The Balaban J connectivity index is 1.31. The molecule has 184 valence electrons. The Hall–Kier alpha value is -2.12. The lowest BCUT2D eigenvalue weighted by molar-refractivity contribution is -0.146. The van der Waals surface area contributed by atoms with Crippen molar-refractivity contribution in [3.05, 3.63) is 36.0 Å². The number of Topliss-reactive ketones (excluding diaryl/α,β-unsaturated/α-hetero) is 1. The fourth-order valence-electron chi connectivity index (χ4n) is 5.42. The van der Waals surface area contributed by atoms with Crippen LogP contribution >= 0.6 is 11.8 Å². The van der Waals surface area contributed by atoms with E-state index < -0.39 is 11.9 Å². The summed E-state index contributed by atoms with van der Waals surface area (Å²) in [5.41, 5.74) is 1.39. The van der Waals surface area contributed by atoms with Crippen LogP contribution in [0.25, 0.3) is 10.9 Å². The molecule has 4 rings (SSSR count). The number of hydrogen-bond acceptors (Lipinski definition) is 6. The number of carbonyl (C=O) groups excluding carboxylic acids is 1. The number of rotatable bonds is 10. The monoisotopic (exact) mass is 484 g/mol. The molecule has 0 amide bonds. The minimum absolute atomic E-state index is 0.0336. The number of pyridine rings is 1. The summed E-state index contributed by atoms with van der Waals surface area (Å²) in [6.07, 6.45) is 10.2. The SMILES string of the molecule is COc1ccc2nccc(C(=O)CCC3CCN(CCSC4CCCCC4)CC3C(=O)O)c2c1. The van der Waals surface area contributed by atoms with Crippen molar-refractivity contribution in [3.63, 3.8) is 0 Å². The molecule has 1 N–H and O–H groups in total. The van der Waals surface area contributed by atoms with E-state index in [0.29, 0.717) is 30.7 Å². The van der Waals surface area contributed by atoms with Crippen molar-refractivity contribution in [2.75, 3.05) is 32.5 Å². The van der Waals surface area contributed by atoms with Gasteiger partial charge in [0.2, 0.25) is 0 Å². The molecule has 1 aliphatic heterocycles. The van der Waals surface area contributed by atoms with E-state index in [1.165, 1.54) is 32.1 Å². The zero-order valence-corrected chi connectivity index (χ0v) is 20.9. The van der Waals surface area contributed by atoms with E-state index >= 15 is 0 Å². The van der Waals surface area contributed by atoms with Gasteiger partial charge in [-0.2, -0.15) is 11.8 Å². The molecule has 1 saturated carbocycles. The Kier molecular flexibility index (Phi) is 8.84. The topological polar surface area (TPSA) is 79.7 Å². The second-order valence-corrected chi connectivity index (χ2v) is 11.0. The van der Waals surface area contributed by atoms with Crippen LogP contribution in [0.4, 0.5) is 0 Å². The van der Waals surface area contributed by atoms with Gasteiger partial charge in [-0.15, -0.1) is 0 Å². The van der Waals surface area contributed by atoms with Gasteiger partial charge < -0.3 is 14.7 Å². The predicted molar refractivity (Wildman–Crippen MR) is 137 cm³/mol. The molecule has 2 heterocycles. The number of carboxylic acid groups (broad SMARTS) is 1. The van der Waals surface area contributed by atoms with Crippen LogP contribution in [0.2, 0.25) is 0 Å². The molecular weight excluding hydrogens is 448 g/mol. The van der Waals surface area contributed by atoms with Gasteiger partial charge >= 0.3 is 5.97 Å². The maximum absolute atomic E-state index is 13.1. The van der Waals surface area contributed by atoms with Crippen molar-refractivity contribution in [1.29, 1.82) is 0 Å². The number of thioether (sulfide) groups is 1. The van der Waals surface area contributed by atoms with Crippen molar-refractivity contribution >= 4 is 34.4 Å². The van der Waals surface area contributed by atoms with E-state index in [-0.39, 0.29) is 11.7 Å². The molecule has 2 atom stereocenters. The molecule has 0 spiro atoms. The quantitative estimate of drug-likeness (QED) is 0.459. The average Bonchev–Trinajstić information content (AvgIpc) is 2.87. The molecule has 1 aromatic heterocycles. The molecule has 2 unspecified atom stereocenters. The van der Waals surface area contributed by atoms with Gasteiger partial charge in [0.05, 0.1) is 18.5 Å². The summed E-state index contributed by atoms with van der Waals surface area (Å²) >= 11 is 2.07. The van der Waals surface area contributed by atoms with E-state index in [4.69, 9.17) is 4.74 Å². The highest BCUT2D eigenvalue weighted by Gasteiger charge is 2.34. The summed E-state index contributed by atoms with van der Waals surface area (Å²) in [4.78, 5) is 31.8. The maximum Gasteiger partial charge on any atom is 0.308 e. The van der Waals surface area contributed by atoms with Gasteiger partial charge in [0, 0.05) is 47.7 Å². The standard InChI is InChI=1S/C27H36N2O4S/c1-33-20-8-9-25-23(17-20)22(11-13-28-25)26(30)10-7-19-12-14-29(18-24(19)27(31)32)15-16-34-21-5-3-2-4-6-21/h8-9,11,13,17,19,21,24H,2-7,10,12,14-16,18H2,1H3,(H,31,32). The molecule has 7 heteroatoms. The van der Waals surface area contributed by atoms with Crippen LogP contribution in [0.15, 0.2) is 30.5 Å². The van der Waals surface area contributed by atoms with E-state index in [1.54, 1.807) is 19.4 Å². The summed E-state index contributed by atoms with van der Waals surface area (Å²) in [6, 6.07) is 7.29. The van der Waals surface area contributed by atoms with Gasteiger partial charge in [-0.05, 0) is 62.4 Å². The second kappa shape index (κ2) is 12.0. The van der Waals surface area contributed by atoms with Gasteiger partial charge in [-0.1, -0.05) is 19.3 Å². The Morgan fingerprint density at radius 1 is 1.18 bits per heavy atom. The lowest BCUT2D eigenvalue weighted by atomic mass is 9.81. The highest BCUT2D eigenvalue weighted by atomic mass is 32.2. The zero-order valence-electron chi connectivity index (χ0n) is 20.1. The number of benzene rings is 1. The third kappa shape index (κ3) is 6.30. The summed E-state index contributed by atoms with van der Waals surface area (Å²) < 4.78 is 5.31. The number of piperidine rings is 1. The molecule has 0 bridgehead atoms. The van der Waals surface area contributed by atoms with Crippen LogP contribution in [-0.4, -0.2) is 64.5 Å². The van der Waals surface area contributed by atoms with Gasteiger partial charge in [0.15, 0.2) is 5.78 Å². The van der Waals surface area contributed by atoms with E-state index in [1.807, 2.05) is 18.2 Å². The Labute approximate surface area is 206 Å². The van der Waals surface area contributed by atoms with Crippen molar-refractivity contribution in [2.45, 2.75) is 56.6 Å². The third-order valence-electron chi connectivity index (χ3n) is 7.46. The lowest BCUT2D eigenvalue weighted by Gasteiger charge is -2.36. The molecule has 6 nitrogen and oxygen atoms in total. The molecule has 1 saturated heterocycles. The van der Waals surface area contributed by atoms with Crippen LogP contribution in [0.5, 0.6) is 5.75 Å². The fraction of sp³-hybridized carbons (Fsp3) is 0.593. The molecule has 1 aliphatic carbocycles. The number of carbonyl (C=O) groups is 2. The number of fused-ring (bicyclic) bond motifs is 1. The van der Waals surface area contributed by atoms with E-state index in [2.05, 4.69) is 21.6 Å². The third-order valence-corrected chi connectivity index (χ3v) is 8.82. The highest BCUT2D eigenvalue weighted by Crippen LogP contribution is 2.31. The summed E-state index contributed by atoms with van der Waals surface area (Å²) in [6.45, 7) is 2.47. The van der Waals surface area contributed by atoms with Gasteiger partial charge in [-0.25, -0.2) is 0 Å². The maximum atomic E-state index is 13.1. The minimum atomic E-state index is -0.735. The van der Waals surface area contributed by atoms with E-state index in [0.717, 1.165) is 41.4 Å². The largest absolute Gasteiger partial charge is 0.497 e. The van der Waals surface area contributed by atoms with Gasteiger partial charge in [-0.3, -0.25) is 14.6 Å². The van der Waals surface area contributed by atoms with Crippen LogP contribution in [0, 0.1) is 11.8 Å². The molecule has 2 aliphatic rings. The van der Waals surface area contributed by atoms with Crippen LogP contribution < -0.4 is 4.74 Å². The first-order chi connectivity index (χ1) is 16.5. The molecule has 1 aromatic carbocycles. The number of methoxy groups -OCH3 is 1. The number of hydrogen-bond donors (Lipinski definition) is 1. The Morgan fingerprint density at radius 3 is 2.76 bits per heavy atom. The average molecular weight is 485 g/mol. The highest BCUT2D eigenvalue weighted by molar-refractivity contribution is 7.99. The molecule has 34 heavy (non-hydrogen) atoms. The van der Waals surface area contributed by atoms with E-state index in [9.17, 15) is 14.7 Å². The number of nitrogens with zero attached hydrogens (tertiary/aromatic N) is 2. The number of aliphatic carboxylic acids is 1.